The normalized spacial score (nSPS) is 9.67. The molecule has 0 bridgehead atoms. The highest BCUT2D eigenvalue weighted by atomic mass is 32.1. The number of esters is 1. The van der Waals surface area contributed by atoms with E-state index in [2.05, 4.69) is 0 Å². The van der Waals surface area contributed by atoms with E-state index in [1.54, 1.807) is 12.1 Å². The molecule has 5 heteroatoms. The van der Waals surface area contributed by atoms with Crippen LogP contribution in [0.5, 0.6) is 5.06 Å². The molecule has 0 saturated carbocycles. The molecule has 82 valence electrons. The van der Waals surface area contributed by atoms with Gasteiger partial charge in [0, 0.05) is 4.88 Å². The molecule has 0 atom stereocenters. The Labute approximate surface area is 92.3 Å². The molecule has 0 fully saturated rings. The summed E-state index contributed by atoms with van der Waals surface area (Å²) in [6, 6.07) is 3.54. The third-order valence-corrected chi connectivity index (χ3v) is 2.57. The number of rotatable bonds is 6. The fourth-order valence-corrected chi connectivity index (χ4v) is 1.80. The largest absolute Gasteiger partial charge is 0.465 e. The maximum Gasteiger partial charge on any atom is 0.311 e. The van der Waals surface area contributed by atoms with Crippen molar-refractivity contribution in [3.63, 3.8) is 0 Å². The second-order valence-corrected chi connectivity index (χ2v) is 3.98. The zero-order valence-corrected chi connectivity index (χ0v) is 9.30. The minimum atomic E-state index is -0.222. The van der Waals surface area contributed by atoms with Gasteiger partial charge >= 0.3 is 5.97 Å². The number of hydrogen-bond donors (Lipinski definition) is 1. The van der Waals surface area contributed by atoms with Gasteiger partial charge in [-0.3, -0.25) is 10.2 Å². The molecular formula is C10H13NO3S. The average molecular weight is 227 g/mol. The van der Waals surface area contributed by atoms with E-state index < -0.39 is 0 Å². The van der Waals surface area contributed by atoms with Crippen LogP contribution < -0.4 is 4.74 Å². The van der Waals surface area contributed by atoms with Gasteiger partial charge in [-0.2, -0.15) is 0 Å². The summed E-state index contributed by atoms with van der Waals surface area (Å²) in [5.74, 6) is -0.222. The third kappa shape index (κ3) is 4.12. The second-order valence-electron chi connectivity index (χ2n) is 2.85. The first-order valence-electron chi connectivity index (χ1n) is 4.66. The minimum Gasteiger partial charge on any atom is -0.465 e. The summed E-state index contributed by atoms with van der Waals surface area (Å²) in [7, 11) is 0. The molecule has 0 aliphatic carbocycles. The molecule has 0 aliphatic heterocycles. The van der Waals surface area contributed by atoms with Gasteiger partial charge < -0.3 is 9.47 Å². The first-order valence-corrected chi connectivity index (χ1v) is 5.48. The molecule has 15 heavy (non-hydrogen) atoms. The number of ether oxygens (including phenoxy) is 2. The zero-order chi connectivity index (χ0) is 11.1. The molecule has 1 heterocycles. The molecule has 1 aromatic heterocycles. The lowest BCUT2D eigenvalue weighted by molar-refractivity contribution is -0.142. The van der Waals surface area contributed by atoms with Crippen LogP contribution in [-0.4, -0.2) is 19.0 Å². The van der Waals surface area contributed by atoms with Crippen molar-refractivity contribution in [3.8, 4) is 5.06 Å². The van der Waals surface area contributed by atoms with Crippen LogP contribution in [0, 0.1) is 5.41 Å². The predicted molar refractivity (Wildman–Crippen MR) is 58.7 cm³/mol. The quantitative estimate of drug-likeness (QED) is 0.460. The van der Waals surface area contributed by atoms with E-state index in [-0.39, 0.29) is 12.4 Å². The van der Waals surface area contributed by atoms with Gasteiger partial charge in [0.15, 0.2) is 11.5 Å². The van der Waals surface area contributed by atoms with E-state index in [1.165, 1.54) is 11.3 Å². The molecular weight excluding hydrogens is 214 g/mol. The Morgan fingerprint density at radius 3 is 3.07 bits per heavy atom. The van der Waals surface area contributed by atoms with Crippen molar-refractivity contribution in [1.82, 2.24) is 0 Å². The lowest BCUT2D eigenvalue weighted by Crippen LogP contribution is -2.07. The Bertz CT molecular complexity index is 335. The summed E-state index contributed by atoms with van der Waals surface area (Å²) in [6.07, 6.45) is 1.97. The van der Waals surface area contributed by atoms with Gasteiger partial charge in [-0.15, -0.1) is 11.3 Å². The van der Waals surface area contributed by atoms with Crippen molar-refractivity contribution in [1.29, 1.82) is 5.41 Å². The first kappa shape index (κ1) is 11.7. The van der Waals surface area contributed by atoms with Gasteiger partial charge in [0.2, 0.25) is 0 Å². The SMILES string of the molecule is CCCOC(=O)Cc1ccc(OC=N)s1. The second kappa shape index (κ2) is 6.19. The number of carbonyl (C=O) groups is 1. The molecule has 0 saturated heterocycles. The molecule has 1 rings (SSSR count). The summed E-state index contributed by atoms with van der Waals surface area (Å²) in [6.45, 7) is 2.42. The van der Waals surface area contributed by atoms with Crippen molar-refractivity contribution >= 4 is 23.7 Å². The van der Waals surface area contributed by atoms with Crippen LogP contribution in [0.25, 0.3) is 0 Å². The number of thiophene rings is 1. The molecule has 1 aromatic rings. The molecule has 0 spiro atoms. The van der Waals surface area contributed by atoms with Gasteiger partial charge in [-0.1, -0.05) is 6.92 Å². The highest BCUT2D eigenvalue weighted by Gasteiger charge is 2.07. The monoisotopic (exact) mass is 227 g/mol. The van der Waals surface area contributed by atoms with Crippen LogP contribution in [0.3, 0.4) is 0 Å². The number of carbonyl (C=O) groups excluding carboxylic acids is 1. The Morgan fingerprint density at radius 2 is 2.40 bits per heavy atom. The molecule has 4 nitrogen and oxygen atoms in total. The van der Waals surface area contributed by atoms with Crippen molar-refractivity contribution in [2.75, 3.05) is 6.61 Å². The van der Waals surface area contributed by atoms with Crippen molar-refractivity contribution in [2.24, 2.45) is 0 Å². The van der Waals surface area contributed by atoms with Crippen LogP contribution in [0.2, 0.25) is 0 Å². The van der Waals surface area contributed by atoms with Crippen LogP contribution in [-0.2, 0) is 16.0 Å². The zero-order valence-electron chi connectivity index (χ0n) is 8.49. The highest BCUT2D eigenvalue weighted by Crippen LogP contribution is 2.24. The van der Waals surface area contributed by atoms with Crippen LogP contribution >= 0.6 is 11.3 Å². The lowest BCUT2D eigenvalue weighted by Gasteiger charge is -2.00. The Hall–Kier alpha value is -1.36. The van der Waals surface area contributed by atoms with Gasteiger partial charge in [0.05, 0.1) is 13.0 Å². The maximum atomic E-state index is 11.2. The van der Waals surface area contributed by atoms with Crippen LogP contribution in [0.15, 0.2) is 12.1 Å². The van der Waals surface area contributed by atoms with Crippen molar-refractivity contribution < 1.29 is 14.3 Å². The third-order valence-electron chi connectivity index (χ3n) is 1.60. The van der Waals surface area contributed by atoms with E-state index in [4.69, 9.17) is 14.9 Å². The average Bonchev–Trinajstić information content (AvgIpc) is 2.63. The molecule has 1 N–H and O–H groups in total. The van der Waals surface area contributed by atoms with Gasteiger partial charge in [0.1, 0.15) is 0 Å². The van der Waals surface area contributed by atoms with E-state index >= 15 is 0 Å². The standard InChI is InChI=1S/C10H13NO3S/c1-2-5-13-9(12)6-8-3-4-10(15-8)14-7-11/h3-4,7,11H,2,5-6H2,1H3. The summed E-state index contributed by atoms with van der Waals surface area (Å²) in [5, 5.41) is 7.36. The van der Waals surface area contributed by atoms with E-state index in [0.29, 0.717) is 11.7 Å². The number of nitrogens with one attached hydrogen (secondary N) is 1. The fourth-order valence-electron chi connectivity index (χ4n) is 0.984. The molecule has 0 radical (unpaired) electrons. The fraction of sp³-hybridized carbons (Fsp3) is 0.400. The van der Waals surface area contributed by atoms with Gasteiger partial charge in [-0.25, -0.2) is 0 Å². The van der Waals surface area contributed by atoms with Crippen LogP contribution in [0.1, 0.15) is 18.2 Å². The first-order chi connectivity index (χ1) is 7.26. The molecule has 0 unspecified atom stereocenters. The Kier molecular flexibility index (Phi) is 4.83. The van der Waals surface area contributed by atoms with E-state index in [1.807, 2.05) is 6.92 Å². The summed E-state index contributed by atoms with van der Waals surface area (Å²) < 4.78 is 9.80. The molecule has 0 aliphatic rings. The topological polar surface area (TPSA) is 59.4 Å². The van der Waals surface area contributed by atoms with Crippen molar-refractivity contribution in [3.05, 3.63) is 17.0 Å². The van der Waals surface area contributed by atoms with Gasteiger partial charge in [-0.05, 0) is 18.6 Å². The maximum absolute atomic E-state index is 11.2. The smallest absolute Gasteiger partial charge is 0.311 e. The molecule has 0 amide bonds. The van der Waals surface area contributed by atoms with E-state index in [9.17, 15) is 4.79 Å². The van der Waals surface area contributed by atoms with E-state index in [0.717, 1.165) is 17.7 Å². The summed E-state index contributed by atoms with van der Waals surface area (Å²) >= 11 is 1.34. The molecule has 0 aromatic carbocycles. The summed E-state index contributed by atoms with van der Waals surface area (Å²) in [5.41, 5.74) is 0. The summed E-state index contributed by atoms with van der Waals surface area (Å²) in [4.78, 5) is 12.1. The van der Waals surface area contributed by atoms with Gasteiger partial charge in [0.25, 0.3) is 0 Å². The van der Waals surface area contributed by atoms with Crippen LogP contribution in [0.4, 0.5) is 0 Å². The lowest BCUT2D eigenvalue weighted by atomic mass is 10.3. The number of hydrogen-bond acceptors (Lipinski definition) is 5. The van der Waals surface area contributed by atoms with Crippen molar-refractivity contribution in [2.45, 2.75) is 19.8 Å². The highest BCUT2D eigenvalue weighted by molar-refractivity contribution is 7.14. The Morgan fingerprint density at radius 1 is 1.60 bits per heavy atom. The Balaban J connectivity index is 2.42. The minimum absolute atomic E-state index is 0.222. The predicted octanol–water partition coefficient (Wildman–Crippen LogP) is 2.23.